The average Bonchev–Trinajstić information content (AvgIpc) is 2.33. The van der Waals surface area contributed by atoms with E-state index in [0.717, 1.165) is 0 Å². The van der Waals surface area contributed by atoms with Gasteiger partial charge in [-0.3, -0.25) is 10.1 Å². The summed E-state index contributed by atoms with van der Waals surface area (Å²) in [5.41, 5.74) is 0.559. The van der Waals surface area contributed by atoms with Crippen molar-refractivity contribution in [3.8, 4) is 0 Å². The van der Waals surface area contributed by atoms with Crippen molar-refractivity contribution in [2.45, 2.75) is 13.0 Å². The highest BCUT2D eigenvalue weighted by Gasteiger charge is 2.39. The predicted molar refractivity (Wildman–Crippen MR) is 39.9 cm³/mol. The predicted octanol–water partition coefficient (Wildman–Crippen LogP) is -0.288. The SMILES string of the molecule is CC1OCC2C(=O)NC(=O)N=C12. The molecule has 0 aromatic rings. The fourth-order valence-electron chi connectivity index (χ4n) is 1.41. The number of carbonyl (C=O) groups is 2. The van der Waals surface area contributed by atoms with Crippen LogP contribution in [0.3, 0.4) is 0 Å². The molecule has 2 rings (SSSR count). The number of hydrogen-bond acceptors (Lipinski definition) is 3. The Kier molecular flexibility index (Phi) is 1.47. The average molecular weight is 168 g/mol. The van der Waals surface area contributed by atoms with E-state index in [1.165, 1.54) is 0 Å². The summed E-state index contributed by atoms with van der Waals surface area (Å²) in [5.74, 6) is -0.646. The highest BCUT2D eigenvalue weighted by atomic mass is 16.5. The molecule has 12 heavy (non-hydrogen) atoms. The number of imide groups is 1. The van der Waals surface area contributed by atoms with Gasteiger partial charge in [-0.1, -0.05) is 0 Å². The number of aliphatic imine (C=N–C) groups is 1. The maximum absolute atomic E-state index is 11.1. The summed E-state index contributed by atoms with van der Waals surface area (Å²) < 4.78 is 5.17. The van der Waals surface area contributed by atoms with E-state index in [1.807, 2.05) is 0 Å². The van der Waals surface area contributed by atoms with Crippen LogP contribution in [0.1, 0.15) is 6.92 Å². The van der Waals surface area contributed by atoms with Crippen LogP contribution in [0.2, 0.25) is 0 Å². The van der Waals surface area contributed by atoms with Gasteiger partial charge in [0.2, 0.25) is 5.91 Å². The van der Waals surface area contributed by atoms with Crippen LogP contribution in [0.25, 0.3) is 0 Å². The van der Waals surface area contributed by atoms with Crippen molar-refractivity contribution in [3.63, 3.8) is 0 Å². The molecule has 64 valence electrons. The lowest BCUT2D eigenvalue weighted by Gasteiger charge is -2.14. The third-order valence-corrected chi connectivity index (χ3v) is 2.06. The summed E-state index contributed by atoms with van der Waals surface area (Å²) in [6, 6.07) is -0.580. The Bertz CT molecular complexity index is 284. The molecular formula is C7H8N2O3. The highest BCUT2D eigenvalue weighted by Crippen LogP contribution is 2.19. The molecule has 5 nitrogen and oxygen atoms in total. The van der Waals surface area contributed by atoms with Crippen LogP contribution in [0.5, 0.6) is 0 Å². The zero-order valence-electron chi connectivity index (χ0n) is 6.53. The number of amides is 3. The van der Waals surface area contributed by atoms with Gasteiger partial charge in [0.25, 0.3) is 0 Å². The first-order valence-electron chi connectivity index (χ1n) is 3.73. The minimum Gasteiger partial charge on any atom is -0.371 e. The van der Waals surface area contributed by atoms with Crippen LogP contribution in [0.4, 0.5) is 4.79 Å². The van der Waals surface area contributed by atoms with Gasteiger partial charge in [-0.25, -0.2) is 4.79 Å². The lowest BCUT2D eigenvalue weighted by atomic mass is 10.0. The second-order valence-corrected chi connectivity index (χ2v) is 2.86. The summed E-state index contributed by atoms with van der Waals surface area (Å²) in [7, 11) is 0. The largest absolute Gasteiger partial charge is 0.371 e. The van der Waals surface area contributed by atoms with Gasteiger partial charge in [0.1, 0.15) is 5.92 Å². The Morgan fingerprint density at radius 2 is 2.33 bits per heavy atom. The number of rotatable bonds is 0. The van der Waals surface area contributed by atoms with E-state index in [-0.39, 0.29) is 17.9 Å². The van der Waals surface area contributed by atoms with E-state index in [4.69, 9.17) is 4.74 Å². The lowest BCUT2D eigenvalue weighted by Crippen LogP contribution is -2.43. The molecule has 2 aliphatic heterocycles. The standard InChI is InChI=1S/C7H8N2O3/c1-3-5-4(2-12-3)6(10)9-7(11)8-5/h3-4H,2H2,1H3,(H,9,10,11). The molecule has 0 bridgehead atoms. The summed E-state index contributed by atoms with van der Waals surface area (Å²) >= 11 is 0. The van der Waals surface area contributed by atoms with Crippen molar-refractivity contribution >= 4 is 17.6 Å². The first-order chi connectivity index (χ1) is 5.68. The van der Waals surface area contributed by atoms with Crippen molar-refractivity contribution < 1.29 is 14.3 Å². The summed E-state index contributed by atoms with van der Waals surface area (Å²) in [6.45, 7) is 2.11. The van der Waals surface area contributed by atoms with Crippen LogP contribution < -0.4 is 5.32 Å². The Morgan fingerprint density at radius 1 is 1.58 bits per heavy atom. The molecule has 2 atom stereocenters. The van der Waals surface area contributed by atoms with Crippen molar-refractivity contribution in [2.75, 3.05) is 6.61 Å². The number of carbonyl (C=O) groups excluding carboxylic acids is 2. The number of nitrogens with one attached hydrogen (secondary N) is 1. The van der Waals surface area contributed by atoms with E-state index in [0.29, 0.717) is 12.3 Å². The van der Waals surface area contributed by atoms with Gasteiger partial charge in [-0.2, -0.15) is 4.99 Å². The molecule has 0 spiro atoms. The fourth-order valence-corrected chi connectivity index (χ4v) is 1.41. The molecule has 2 unspecified atom stereocenters. The first kappa shape index (κ1) is 7.42. The van der Waals surface area contributed by atoms with Crippen LogP contribution in [-0.2, 0) is 9.53 Å². The molecule has 3 amide bonds. The second kappa shape index (κ2) is 2.38. The fraction of sp³-hybridized carbons (Fsp3) is 0.571. The number of ether oxygens (including phenoxy) is 1. The van der Waals surface area contributed by atoms with Crippen molar-refractivity contribution in [2.24, 2.45) is 10.9 Å². The van der Waals surface area contributed by atoms with Gasteiger partial charge in [0, 0.05) is 0 Å². The third kappa shape index (κ3) is 0.937. The number of urea groups is 1. The molecule has 0 aliphatic carbocycles. The molecule has 2 heterocycles. The van der Waals surface area contributed by atoms with Crippen molar-refractivity contribution in [1.29, 1.82) is 0 Å². The molecule has 1 saturated heterocycles. The zero-order valence-corrected chi connectivity index (χ0v) is 6.53. The third-order valence-electron chi connectivity index (χ3n) is 2.06. The molecule has 0 aromatic heterocycles. The van der Waals surface area contributed by atoms with E-state index in [1.54, 1.807) is 6.92 Å². The maximum Gasteiger partial charge on any atom is 0.347 e. The molecular weight excluding hydrogens is 160 g/mol. The smallest absolute Gasteiger partial charge is 0.347 e. The Balaban J connectivity index is 2.37. The molecule has 5 heteroatoms. The minimum atomic E-state index is -0.580. The van der Waals surface area contributed by atoms with Gasteiger partial charge in [-0.05, 0) is 6.92 Å². The Labute approximate surface area is 68.8 Å². The van der Waals surface area contributed by atoms with Crippen LogP contribution in [-0.4, -0.2) is 30.4 Å². The first-order valence-corrected chi connectivity index (χ1v) is 3.73. The zero-order chi connectivity index (χ0) is 8.72. The van der Waals surface area contributed by atoms with Gasteiger partial charge in [0.05, 0.1) is 18.4 Å². The van der Waals surface area contributed by atoms with E-state index in [2.05, 4.69) is 10.3 Å². The Morgan fingerprint density at radius 3 is 3.08 bits per heavy atom. The van der Waals surface area contributed by atoms with Gasteiger partial charge in [-0.15, -0.1) is 0 Å². The summed E-state index contributed by atoms with van der Waals surface area (Å²) in [5, 5.41) is 2.13. The molecule has 1 N–H and O–H groups in total. The van der Waals surface area contributed by atoms with Crippen molar-refractivity contribution in [3.05, 3.63) is 0 Å². The van der Waals surface area contributed by atoms with E-state index in [9.17, 15) is 9.59 Å². The second-order valence-electron chi connectivity index (χ2n) is 2.86. The van der Waals surface area contributed by atoms with E-state index >= 15 is 0 Å². The van der Waals surface area contributed by atoms with E-state index < -0.39 is 6.03 Å². The Hall–Kier alpha value is -1.23. The molecule has 0 aromatic carbocycles. The maximum atomic E-state index is 11.1. The van der Waals surface area contributed by atoms with Crippen LogP contribution in [0.15, 0.2) is 4.99 Å². The molecule has 1 fully saturated rings. The van der Waals surface area contributed by atoms with Gasteiger partial charge in [0.15, 0.2) is 0 Å². The number of nitrogens with zero attached hydrogens (tertiary/aromatic N) is 1. The molecule has 2 aliphatic rings. The summed E-state index contributed by atoms with van der Waals surface area (Å²) in [4.78, 5) is 25.6. The van der Waals surface area contributed by atoms with Crippen LogP contribution >= 0.6 is 0 Å². The topological polar surface area (TPSA) is 67.8 Å². The van der Waals surface area contributed by atoms with Crippen LogP contribution in [0, 0.1) is 5.92 Å². The lowest BCUT2D eigenvalue weighted by molar-refractivity contribution is -0.122. The molecule has 0 saturated carbocycles. The van der Waals surface area contributed by atoms with Crippen molar-refractivity contribution in [1.82, 2.24) is 5.32 Å². The summed E-state index contributed by atoms with van der Waals surface area (Å²) in [6.07, 6.45) is -0.204. The van der Waals surface area contributed by atoms with Gasteiger partial charge < -0.3 is 4.74 Å². The normalized spacial score (nSPS) is 34.2. The monoisotopic (exact) mass is 168 g/mol. The number of fused-ring (bicyclic) bond motifs is 1. The molecule has 0 radical (unpaired) electrons. The van der Waals surface area contributed by atoms with Gasteiger partial charge >= 0.3 is 6.03 Å². The highest BCUT2D eigenvalue weighted by molar-refractivity contribution is 6.18. The minimum absolute atomic E-state index is 0.204. The quantitative estimate of drug-likeness (QED) is 0.540. The number of hydrogen-bond donors (Lipinski definition) is 1.